The Morgan fingerprint density at radius 3 is 2.31 bits per heavy atom. The van der Waals surface area contributed by atoms with Crippen LogP contribution in [0.1, 0.15) is 56.5 Å². The van der Waals surface area contributed by atoms with Crippen LogP contribution >= 0.6 is 0 Å². The van der Waals surface area contributed by atoms with Crippen molar-refractivity contribution < 1.29 is 29.3 Å². The van der Waals surface area contributed by atoms with Crippen molar-refractivity contribution in [3.63, 3.8) is 0 Å². The lowest BCUT2D eigenvalue weighted by molar-refractivity contribution is -0.0892. The Hall–Kier alpha value is -4.63. The molecule has 2 aliphatic rings. The molecule has 0 saturated heterocycles. The Kier molecular flexibility index (Phi) is 6.38. The summed E-state index contributed by atoms with van der Waals surface area (Å²) >= 11 is 0. The quantitative estimate of drug-likeness (QED) is 0.263. The van der Waals surface area contributed by atoms with E-state index in [0.717, 1.165) is 28.1 Å². The number of aromatic nitrogens is 2. The normalized spacial score (nSPS) is 20.9. The molecule has 0 spiro atoms. The van der Waals surface area contributed by atoms with Crippen LogP contribution in [0.3, 0.4) is 0 Å². The molecule has 0 unspecified atom stereocenters. The second kappa shape index (κ2) is 9.73. The van der Waals surface area contributed by atoms with Crippen molar-refractivity contribution >= 4 is 12.1 Å². The van der Waals surface area contributed by atoms with Crippen LogP contribution in [0.5, 0.6) is 5.75 Å². The largest absolute Gasteiger partial charge is 0.478 e. The summed E-state index contributed by atoms with van der Waals surface area (Å²) in [6.07, 6.45) is 0.193. The van der Waals surface area contributed by atoms with Crippen molar-refractivity contribution in [1.29, 1.82) is 0 Å². The van der Waals surface area contributed by atoms with Gasteiger partial charge in [-0.15, -0.1) is 0 Å². The molecule has 1 amide bonds. The molecule has 9 heteroatoms. The van der Waals surface area contributed by atoms with Crippen molar-refractivity contribution in [2.45, 2.75) is 64.0 Å². The van der Waals surface area contributed by atoms with E-state index in [4.69, 9.17) is 14.5 Å². The molecule has 9 nitrogen and oxygen atoms in total. The Bertz CT molecular complexity index is 1680. The summed E-state index contributed by atoms with van der Waals surface area (Å²) in [5.74, 6) is 0.137. The monoisotopic (exact) mass is 567 g/mol. The molecule has 1 saturated carbocycles. The van der Waals surface area contributed by atoms with E-state index >= 15 is 0 Å². The summed E-state index contributed by atoms with van der Waals surface area (Å²) in [4.78, 5) is 29.3. The standard InChI is InChI=1S/C33H33N3O6/c1-31(2,3)42-30(39)35-33(17-32(4,40)18-33)23-13-10-20(11-14-23)26-27(21-8-6-5-7-9-21)36-19-41-25-16-22(29(37)38)12-15-24(25)28(36)34-26/h5-16,40H,17-19H2,1-4H3,(H,35,39)(H,37,38)/t32-,33-. The first kappa shape index (κ1) is 27.5. The van der Waals surface area contributed by atoms with Crippen LogP contribution < -0.4 is 10.1 Å². The number of ether oxygens (including phenoxy) is 2. The van der Waals surface area contributed by atoms with E-state index in [1.165, 1.54) is 6.07 Å². The summed E-state index contributed by atoms with van der Waals surface area (Å²) in [6.45, 7) is 7.38. The second-order valence-corrected chi connectivity index (χ2v) is 12.4. The highest BCUT2D eigenvalue weighted by atomic mass is 16.6. The number of nitrogens with one attached hydrogen (secondary N) is 1. The van der Waals surface area contributed by atoms with E-state index in [-0.39, 0.29) is 12.3 Å². The number of carboxylic acids is 1. The molecule has 4 aromatic rings. The highest BCUT2D eigenvalue weighted by Crippen LogP contribution is 2.49. The van der Waals surface area contributed by atoms with Crippen molar-refractivity contribution in [3.8, 4) is 39.7 Å². The number of aromatic carboxylic acids is 1. The van der Waals surface area contributed by atoms with Gasteiger partial charge in [-0.25, -0.2) is 14.6 Å². The van der Waals surface area contributed by atoms with Crippen molar-refractivity contribution in [1.82, 2.24) is 14.9 Å². The Balaban J connectivity index is 1.41. The number of carbonyl (C=O) groups is 2. The van der Waals surface area contributed by atoms with Crippen molar-refractivity contribution in [3.05, 3.63) is 83.9 Å². The molecule has 216 valence electrons. The number of imidazole rings is 1. The maximum absolute atomic E-state index is 12.7. The molecule has 42 heavy (non-hydrogen) atoms. The van der Waals surface area contributed by atoms with Gasteiger partial charge in [0.2, 0.25) is 0 Å². The minimum atomic E-state index is -1.02. The van der Waals surface area contributed by atoms with Gasteiger partial charge in [0.05, 0.1) is 33.7 Å². The highest BCUT2D eigenvalue weighted by Gasteiger charge is 2.53. The van der Waals surface area contributed by atoms with Gasteiger partial charge in [0, 0.05) is 24.0 Å². The molecular weight excluding hydrogens is 534 g/mol. The highest BCUT2D eigenvalue weighted by molar-refractivity contribution is 5.90. The van der Waals surface area contributed by atoms with Crippen LogP contribution in [0.2, 0.25) is 0 Å². The number of hydrogen-bond donors (Lipinski definition) is 3. The number of aliphatic hydroxyl groups is 1. The van der Waals surface area contributed by atoms with Crippen molar-refractivity contribution in [2.24, 2.45) is 0 Å². The van der Waals surface area contributed by atoms with Crippen molar-refractivity contribution in [2.75, 3.05) is 0 Å². The van der Waals surface area contributed by atoms with Crippen LogP contribution in [0.4, 0.5) is 4.79 Å². The molecule has 6 rings (SSSR count). The molecule has 1 aliphatic carbocycles. The van der Waals surface area contributed by atoms with E-state index < -0.39 is 28.8 Å². The van der Waals surface area contributed by atoms with E-state index in [2.05, 4.69) is 5.32 Å². The first-order valence-electron chi connectivity index (χ1n) is 13.9. The Morgan fingerprint density at radius 2 is 1.69 bits per heavy atom. The molecule has 0 radical (unpaired) electrons. The van der Waals surface area contributed by atoms with Gasteiger partial charge in [-0.2, -0.15) is 0 Å². The average molecular weight is 568 g/mol. The van der Waals surface area contributed by atoms with Gasteiger partial charge in [0.15, 0.2) is 6.73 Å². The van der Waals surface area contributed by atoms with Crippen LogP contribution in [0.15, 0.2) is 72.8 Å². The lowest BCUT2D eigenvalue weighted by Gasteiger charge is -2.52. The minimum Gasteiger partial charge on any atom is -0.478 e. The molecule has 1 aromatic heterocycles. The number of carbonyl (C=O) groups excluding carboxylic acids is 1. The zero-order valence-electron chi connectivity index (χ0n) is 24.0. The SMILES string of the molecule is CC(C)(C)OC(=O)N[C@]1(c2ccc(-c3nc4n(c3-c3ccccc3)COc3cc(C(=O)O)ccc3-4)cc2)C[C@@](C)(O)C1. The first-order chi connectivity index (χ1) is 19.8. The molecule has 3 N–H and O–H groups in total. The zero-order chi connectivity index (χ0) is 29.9. The summed E-state index contributed by atoms with van der Waals surface area (Å²) < 4.78 is 13.5. The number of rotatable bonds is 5. The third-order valence-corrected chi connectivity index (χ3v) is 7.65. The van der Waals surface area contributed by atoms with Crippen LogP contribution in [-0.4, -0.2) is 43.0 Å². The van der Waals surface area contributed by atoms with E-state index in [0.29, 0.717) is 30.0 Å². The van der Waals surface area contributed by atoms with E-state index in [1.54, 1.807) is 19.1 Å². The van der Waals surface area contributed by atoms with Crippen LogP contribution in [-0.2, 0) is 17.0 Å². The van der Waals surface area contributed by atoms with Gasteiger partial charge in [-0.3, -0.25) is 4.57 Å². The predicted molar refractivity (Wildman–Crippen MR) is 157 cm³/mol. The number of fused-ring (bicyclic) bond motifs is 3. The molecule has 2 heterocycles. The molecule has 1 fully saturated rings. The van der Waals surface area contributed by atoms with Gasteiger partial charge in [-0.1, -0.05) is 54.6 Å². The predicted octanol–water partition coefficient (Wildman–Crippen LogP) is 6.20. The molecule has 0 bridgehead atoms. The third kappa shape index (κ3) is 5.00. The van der Waals surface area contributed by atoms with Gasteiger partial charge >= 0.3 is 12.1 Å². The molecule has 1 aliphatic heterocycles. The fourth-order valence-electron chi connectivity index (χ4n) is 6.03. The summed E-state index contributed by atoms with van der Waals surface area (Å²) in [5, 5.41) is 23.1. The maximum atomic E-state index is 12.7. The third-order valence-electron chi connectivity index (χ3n) is 7.65. The number of carboxylic acid groups (broad SMARTS) is 1. The van der Waals surface area contributed by atoms with Gasteiger partial charge in [-0.05, 0) is 51.5 Å². The Morgan fingerprint density at radius 1 is 1.00 bits per heavy atom. The average Bonchev–Trinajstić information content (AvgIpc) is 3.31. The molecular formula is C33H33N3O6. The number of amides is 1. The lowest BCUT2D eigenvalue weighted by atomic mass is 9.62. The van der Waals surface area contributed by atoms with E-state index in [9.17, 15) is 19.8 Å². The molecule has 3 aromatic carbocycles. The number of benzene rings is 3. The first-order valence-corrected chi connectivity index (χ1v) is 13.9. The second-order valence-electron chi connectivity index (χ2n) is 12.4. The van der Waals surface area contributed by atoms with Gasteiger partial charge in [0.25, 0.3) is 0 Å². The number of nitrogens with zero attached hydrogens (tertiary/aromatic N) is 2. The minimum absolute atomic E-state index is 0.150. The maximum Gasteiger partial charge on any atom is 0.408 e. The van der Waals surface area contributed by atoms with Gasteiger partial charge in [0.1, 0.15) is 17.2 Å². The fourth-order valence-corrected chi connectivity index (χ4v) is 6.03. The summed E-state index contributed by atoms with van der Waals surface area (Å²) in [7, 11) is 0. The number of alkyl carbamates (subject to hydrolysis) is 1. The lowest BCUT2D eigenvalue weighted by Crippen LogP contribution is -2.62. The van der Waals surface area contributed by atoms with E-state index in [1.807, 2.05) is 79.9 Å². The molecule has 0 atom stereocenters. The smallest absolute Gasteiger partial charge is 0.408 e. The topological polar surface area (TPSA) is 123 Å². The van der Waals surface area contributed by atoms with Crippen LogP contribution in [0, 0.1) is 0 Å². The number of hydrogen-bond acceptors (Lipinski definition) is 6. The summed E-state index contributed by atoms with van der Waals surface area (Å²) in [5.41, 5.74) is 2.87. The summed E-state index contributed by atoms with van der Waals surface area (Å²) in [6, 6.07) is 22.6. The van der Waals surface area contributed by atoms with Gasteiger partial charge < -0.3 is 25.0 Å². The zero-order valence-corrected chi connectivity index (χ0v) is 24.0. The fraction of sp³-hybridized carbons (Fsp3) is 0.303. The van der Waals surface area contributed by atoms with Crippen LogP contribution in [0.25, 0.3) is 33.9 Å². The Labute approximate surface area is 243 Å².